The number of amidine groups is 1. The first-order valence-corrected chi connectivity index (χ1v) is 7.21. The van der Waals surface area contributed by atoms with Crippen LogP contribution in [0.5, 0.6) is 0 Å². The lowest BCUT2D eigenvalue weighted by Crippen LogP contribution is -2.15. The zero-order valence-corrected chi connectivity index (χ0v) is 12.6. The average Bonchev–Trinajstić information content (AvgIpc) is 2.70. The van der Waals surface area contributed by atoms with Gasteiger partial charge in [-0.15, -0.1) is 11.8 Å². The summed E-state index contributed by atoms with van der Waals surface area (Å²) in [6.07, 6.45) is 0. The van der Waals surface area contributed by atoms with Gasteiger partial charge in [0.2, 0.25) is 0 Å². The van der Waals surface area contributed by atoms with Gasteiger partial charge in [-0.2, -0.15) is 5.10 Å². The molecule has 0 aliphatic carbocycles. The largest absolute Gasteiger partial charge is 0.409 e. The van der Waals surface area contributed by atoms with Crippen molar-refractivity contribution >= 4 is 17.6 Å². The lowest BCUT2D eigenvalue weighted by molar-refractivity contribution is 0.318. The summed E-state index contributed by atoms with van der Waals surface area (Å²) >= 11 is 1.63. The fraction of sp³-hybridized carbons (Fsp3) is 0.286. The summed E-state index contributed by atoms with van der Waals surface area (Å²) in [5.74, 6) is 0.911. The number of aryl methyl sites for hydroxylation is 3. The van der Waals surface area contributed by atoms with Crippen LogP contribution in [0.1, 0.15) is 22.4 Å². The molecular weight excluding hydrogens is 272 g/mol. The highest BCUT2D eigenvalue weighted by molar-refractivity contribution is 7.98. The highest BCUT2D eigenvalue weighted by Crippen LogP contribution is 2.28. The molecule has 106 valence electrons. The van der Waals surface area contributed by atoms with Gasteiger partial charge in [0, 0.05) is 12.8 Å². The smallest absolute Gasteiger partial charge is 0.174 e. The Hall–Kier alpha value is -1.95. The van der Waals surface area contributed by atoms with Crippen molar-refractivity contribution < 1.29 is 5.21 Å². The van der Waals surface area contributed by atoms with Crippen LogP contribution in [0.4, 0.5) is 0 Å². The van der Waals surface area contributed by atoms with Crippen LogP contribution >= 0.6 is 11.8 Å². The normalized spacial score (nSPS) is 11.8. The fourth-order valence-corrected chi connectivity index (χ4v) is 3.21. The third-order valence-electron chi connectivity index (χ3n) is 2.99. The van der Waals surface area contributed by atoms with Gasteiger partial charge in [0.1, 0.15) is 5.03 Å². The number of benzene rings is 1. The first kappa shape index (κ1) is 14.5. The van der Waals surface area contributed by atoms with E-state index in [9.17, 15) is 0 Å². The van der Waals surface area contributed by atoms with Crippen molar-refractivity contribution in [2.75, 3.05) is 0 Å². The summed E-state index contributed by atoms with van der Waals surface area (Å²) in [5, 5.41) is 17.2. The third kappa shape index (κ3) is 2.96. The predicted octanol–water partition coefficient (Wildman–Crippen LogP) is 2.42. The number of thioether (sulfide) groups is 1. The Morgan fingerprint density at radius 2 is 2.20 bits per heavy atom. The number of oxime groups is 1. The number of nitrogens with zero attached hydrogens (tertiary/aromatic N) is 3. The van der Waals surface area contributed by atoms with E-state index in [0.717, 1.165) is 16.5 Å². The lowest BCUT2D eigenvalue weighted by atomic mass is 10.2. The number of hydrogen-bond donors (Lipinski definition) is 2. The van der Waals surface area contributed by atoms with E-state index in [4.69, 9.17) is 10.9 Å². The molecule has 0 fully saturated rings. The third-order valence-corrected chi connectivity index (χ3v) is 4.21. The zero-order valence-electron chi connectivity index (χ0n) is 11.8. The Bertz CT molecular complexity index is 649. The summed E-state index contributed by atoms with van der Waals surface area (Å²) in [6.45, 7) is 3.92. The molecule has 1 aromatic heterocycles. The van der Waals surface area contributed by atoms with Gasteiger partial charge in [-0.3, -0.25) is 4.68 Å². The van der Waals surface area contributed by atoms with Gasteiger partial charge in [0.25, 0.3) is 0 Å². The molecule has 3 N–H and O–H groups in total. The highest BCUT2D eigenvalue weighted by Gasteiger charge is 2.17. The molecule has 0 aliphatic heterocycles. The van der Waals surface area contributed by atoms with E-state index in [1.165, 1.54) is 11.1 Å². The van der Waals surface area contributed by atoms with Crippen molar-refractivity contribution in [2.24, 2.45) is 17.9 Å². The van der Waals surface area contributed by atoms with Gasteiger partial charge in [0.05, 0.1) is 11.3 Å². The molecular formula is C14H18N4OS. The van der Waals surface area contributed by atoms with Crippen molar-refractivity contribution in [1.29, 1.82) is 0 Å². The summed E-state index contributed by atoms with van der Waals surface area (Å²) in [7, 11) is 1.86. The second kappa shape index (κ2) is 6.00. The predicted molar refractivity (Wildman–Crippen MR) is 81.2 cm³/mol. The Kier molecular flexibility index (Phi) is 4.34. The van der Waals surface area contributed by atoms with Gasteiger partial charge in [-0.25, -0.2) is 0 Å². The molecule has 5 nitrogen and oxygen atoms in total. The van der Waals surface area contributed by atoms with Crippen LogP contribution in [0.2, 0.25) is 0 Å². The van der Waals surface area contributed by atoms with Crippen molar-refractivity contribution in [1.82, 2.24) is 9.78 Å². The van der Waals surface area contributed by atoms with Crippen LogP contribution in [-0.2, 0) is 12.8 Å². The molecule has 6 heteroatoms. The first-order chi connectivity index (χ1) is 9.52. The summed E-state index contributed by atoms with van der Waals surface area (Å²) in [5.41, 5.74) is 9.67. The van der Waals surface area contributed by atoms with E-state index in [1.54, 1.807) is 16.4 Å². The van der Waals surface area contributed by atoms with Crippen LogP contribution in [-0.4, -0.2) is 20.8 Å². The van der Waals surface area contributed by atoms with Gasteiger partial charge < -0.3 is 10.9 Å². The number of nitrogens with two attached hydrogens (primary N) is 1. The van der Waals surface area contributed by atoms with E-state index < -0.39 is 0 Å². The monoisotopic (exact) mass is 290 g/mol. The number of rotatable bonds is 4. The van der Waals surface area contributed by atoms with Gasteiger partial charge in [-0.05, 0) is 19.4 Å². The Balaban J connectivity index is 2.26. The van der Waals surface area contributed by atoms with Gasteiger partial charge >= 0.3 is 0 Å². The second-order valence-electron chi connectivity index (χ2n) is 4.65. The molecule has 0 saturated carbocycles. The summed E-state index contributed by atoms with van der Waals surface area (Å²) in [6, 6.07) is 8.36. The molecule has 2 aromatic rings. The lowest BCUT2D eigenvalue weighted by Gasteiger charge is -2.06. The van der Waals surface area contributed by atoms with E-state index in [1.807, 2.05) is 20.0 Å². The van der Waals surface area contributed by atoms with Gasteiger partial charge in [-0.1, -0.05) is 35.0 Å². The van der Waals surface area contributed by atoms with Crippen LogP contribution in [0, 0.1) is 13.8 Å². The van der Waals surface area contributed by atoms with E-state index >= 15 is 0 Å². The molecule has 0 bridgehead atoms. The van der Waals surface area contributed by atoms with Crippen LogP contribution in [0.25, 0.3) is 0 Å². The van der Waals surface area contributed by atoms with Crippen LogP contribution in [0.3, 0.4) is 0 Å². The highest BCUT2D eigenvalue weighted by atomic mass is 32.2. The summed E-state index contributed by atoms with van der Waals surface area (Å²) in [4.78, 5) is 0. The fourth-order valence-electron chi connectivity index (χ4n) is 2.10. The second-order valence-corrected chi connectivity index (χ2v) is 5.62. The maximum atomic E-state index is 8.88. The SMILES string of the molecule is Cc1cccc(CSc2c(C(N)=NO)c(C)nn2C)c1. The minimum atomic E-state index is 0.0994. The molecule has 0 amide bonds. The molecule has 0 radical (unpaired) electrons. The molecule has 0 aliphatic rings. The van der Waals surface area contributed by atoms with Crippen LogP contribution in [0.15, 0.2) is 34.4 Å². The zero-order chi connectivity index (χ0) is 14.7. The molecule has 0 atom stereocenters. The summed E-state index contributed by atoms with van der Waals surface area (Å²) < 4.78 is 1.77. The van der Waals surface area contributed by atoms with E-state index in [0.29, 0.717) is 5.56 Å². The van der Waals surface area contributed by atoms with E-state index in [-0.39, 0.29) is 5.84 Å². The molecule has 0 unspecified atom stereocenters. The first-order valence-electron chi connectivity index (χ1n) is 6.22. The molecule has 1 heterocycles. The molecule has 0 spiro atoms. The topological polar surface area (TPSA) is 76.4 Å². The Morgan fingerprint density at radius 3 is 2.85 bits per heavy atom. The maximum Gasteiger partial charge on any atom is 0.174 e. The van der Waals surface area contributed by atoms with Gasteiger partial charge in [0.15, 0.2) is 5.84 Å². The minimum absolute atomic E-state index is 0.0994. The molecule has 2 rings (SSSR count). The van der Waals surface area contributed by atoms with Crippen molar-refractivity contribution in [3.05, 3.63) is 46.6 Å². The van der Waals surface area contributed by atoms with Crippen molar-refractivity contribution in [3.8, 4) is 0 Å². The van der Waals surface area contributed by atoms with Crippen LogP contribution < -0.4 is 5.73 Å². The molecule has 20 heavy (non-hydrogen) atoms. The van der Waals surface area contributed by atoms with E-state index in [2.05, 4.69) is 35.4 Å². The minimum Gasteiger partial charge on any atom is -0.409 e. The standard InChI is InChI=1S/C14H18N4OS/c1-9-5-4-6-11(7-9)8-20-14-12(13(15)17-19)10(2)16-18(14)3/h4-7,19H,8H2,1-3H3,(H2,15,17). The molecule has 0 saturated heterocycles. The molecule has 1 aromatic carbocycles. The van der Waals surface area contributed by atoms with Crippen molar-refractivity contribution in [3.63, 3.8) is 0 Å². The van der Waals surface area contributed by atoms with Crippen molar-refractivity contribution in [2.45, 2.75) is 24.6 Å². The maximum absolute atomic E-state index is 8.88. The Morgan fingerprint density at radius 1 is 1.45 bits per heavy atom. The number of aromatic nitrogens is 2. The Labute approximate surface area is 122 Å². The number of hydrogen-bond acceptors (Lipinski definition) is 4. The quantitative estimate of drug-likeness (QED) is 0.298. The average molecular weight is 290 g/mol.